The lowest BCUT2D eigenvalue weighted by atomic mass is 10.2. The second-order valence-electron chi connectivity index (χ2n) is 3.90. The Bertz CT molecular complexity index is 428. The monoisotopic (exact) mass is 260 g/mol. The Labute approximate surface area is 100 Å². The Morgan fingerprint density at radius 3 is 3.06 bits per heavy atom. The van der Waals surface area contributed by atoms with Gasteiger partial charge in [0.25, 0.3) is 10.0 Å². The van der Waals surface area contributed by atoms with Gasteiger partial charge in [0.05, 0.1) is 0 Å². The molecule has 0 spiro atoms. The third-order valence-electron chi connectivity index (χ3n) is 2.82. The summed E-state index contributed by atoms with van der Waals surface area (Å²) in [7, 11) is -1.40. The molecular weight excluding hydrogens is 244 g/mol. The van der Waals surface area contributed by atoms with Crippen molar-refractivity contribution in [2.24, 2.45) is 0 Å². The van der Waals surface area contributed by atoms with E-state index in [1.54, 1.807) is 21.8 Å². The molecule has 0 bridgehead atoms. The van der Waals surface area contributed by atoms with Crippen molar-refractivity contribution in [1.29, 1.82) is 0 Å². The molecule has 0 amide bonds. The zero-order chi connectivity index (χ0) is 11.6. The summed E-state index contributed by atoms with van der Waals surface area (Å²) in [6.45, 7) is 1.37. The van der Waals surface area contributed by atoms with Crippen LogP contribution in [0.5, 0.6) is 0 Å². The number of rotatable bonds is 4. The molecule has 2 rings (SSSR count). The maximum absolute atomic E-state index is 12.3. The van der Waals surface area contributed by atoms with Gasteiger partial charge in [-0.2, -0.15) is 4.31 Å². The molecule has 1 aliphatic rings. The minimum absolute atomic E-state index is 0.108. The van der Waals surface area contributed by atoms with E-state index in [1.807, 2.05) is 7.05 Å². The van der Waals surface area contributed by atoms with Crippen LogP contribution in [0.4, 0.5) is 0 Å². The molecule has 4 nitrogen and oxygen atoms in total. The summed E-state index contributed by atoms with van der Waals surface area (Å²) in [5.74, 6) is 0. The van der Waals surface area contributed by atoms with Crippen molar-refractivity contribution < 1.29 is 8.42 Å². The highest BCUT2D eigenvalue weighted by molar-refractivity contribution is 7.91. The van der Waals surface area contributed by atoms with Crippen LogP contribution in [0.25, 0.3) is 0 Å². The van der Waals surface area contributed by atoms with Crippen molar-refractivity contribution >= 4 is 21.4 Å². The van der Waals surface area contributed by atoms with Crippen LogP contribution in [-0.4, -0.2) is 38.9 Å². The predicted molar refractivity (Wildman–Crippen MR) is 65.2 cm³/mol. The Morgan fingerprint density at radius 1 is 1.62 bits per heavy atom. The van der Waals surface area contributed by atoms with Crippen LogP contribution in [0.3, 0.4) is 0 Å². The molecule has 0 aliphatic carbocycles. The highest BCUT2D eigenvalue weighted by atomic mass is 32.2. The summed E-state index contributed by atoms with van der Waals surface area (Å²) in [6.07, 6.45) is 1.91. The van der Waals surface area contributed by atoms with Gasteiger partial charge in [-0.3, -0.25) is 0 Å². The molecule has 1 N–H and O–H groups in total. The molecule has 1 fully saturated rings. The van der Waals surface area contributed by atoms with Crippen LogP contribution in [0.15, 0.2) is 21.7 Å². The van der Waals surface area contributed by atoms with Gasteiger partial charge in [-0.05, 0) is 31.3 Å². The smallest absolute Gasteiger partial charge is 0.252 e. The van der Waals surface area contributed by atoms with E-state index in [0.29, 0.717) is 10.8 Å². The zero-order valence-corrected chi connectivity index (χ0v) is 10.9. The molecule has 0 radical (unpaired) electrons. The fourth-order valence-electron chi connectivity index (χ4n) is 2.09. The normalized spacial score (nSPS) is 22.7. The molecule has 6 heteroatoms. The van der Waals surface area contributed by atoms with Gasteiger partial charge in [-0.1, -0.05) is 6.07 Å². The number of nitrogens with zero attached hydrogens (tertiary/aromatic N) is 1. The molecule has 90 valence electrons. The predicted octanol–water partition coefficient (Wildman–Crippen LogP) is 1.12. The van der Waals surface area contributed by atoms with Gasteiger partial charge in [0.1, 0.15) is 4.21 Å². The lowest BCUT2D eigenvalue weighted by molar-refractivity contribution is 0.380. The van der Waals surface area contributed by atoms with Crippen molar-refractivity contribution in [3.63, 3.8) is 0 Å². The Kier molecular flexibility index (Phi) is 3.63. The van der Waals surface area contributed by atoms with E-state index in [4.69, 9.17) is 0 Å². The molecule has 0 saturated carbocycles. The Morgan fingerprint density at radius 2 is 2.44 bits per heavy atom. The standard InChI is InChI=1S/C10H16N2O2S2/c1-11-8-9-4-2-6-12(9)16(13,14)10-5-3-7-15-10/h3,5,7,9,11H,2,4,6,8H2,1H3. The minimum Gasteiger partial charge on any atom is -0.318 e. The number of hydrogen-bond donors (Lipinski definition) is 1. The highest BCUT2D eigenvalue weighted by Crippen LogP contribution is 2.27. The summed E-state index contributed by atoms with van der Waals surface area (Å²) in [5, 5.41) is 4.86. The van der Waals surface area contributed by atoms with Crippen LogP contribution in [-0.2, 0) is 10.0 Å². The van der Waals surface area contributed by atoms with Crippen LogP contribution in [0, 0.1) is 0 Å². The Balaban J connectivity index is 2.24. The fourth-order valence-corrected chi connectivity index (χ4v) is 4.90. The first-order chi connectivity index (χ1) is 7.66. The van der Waals surface area contributed by atoms with Crippen molar-refractivity contribution in [2.45, 2.75) is 23.1 Å². The average molecular weight is 260 g/mol. The molecule has 0 aromatic carbocycles. The van der Waals surface area contributed by atoms with E-state index < -0.39 is 10.0 Å². The van der Waals surface area contributed by atoms with Crippen LogP contribution >= 0.6 is 11.3 Å². The lowest BCUT2D eigenvalue weighted by Crippen LogP contribution is -2.40. The van der Waals surface area contributed by atoms with E-state index in [1.165, 1.54) is 11.3 Å². The topological polar surface area (TPSA) is 49.4 Å². The minimum atomic E-state index is -3.25. The van der Waals surface area contributed by atoms with Gasteiger partial charge in [-0.15, -0.1) is 11.3 Å². The third-order valence-corrected chi connectivity index (χ3v) is 6.15. The quantitative estimate of drug-likeness (QED) is 0.882. The summed E-state index contributed by atoms with van der Waals surface area (Å²) in [6, 6.07) is 3.56. The van der Waals surface area contributed by atoms with E-state index in [0.717, 1.165) is 19.4 Å². The van der Waals surface area contributed by atoms with Crippen molar-refractivity contribution in [3.8, 4) is 0 Å². The second kappa shape index (κ2) is 4.83. The molecule has 1 saturated heterocycles. The third kappa shape index (κ3) is 2.15. The number of thiophene rings is 1. The number of hydrogen-bond acceptors (Lipinski definition) is 4. The first-order valence-corrected chi connectivity index (χ1v) is 7.68. The second-order valence-corrected chi connectivity index (χ2v) is 6.97. The van der Waals surface area contributed by atoms with Crippen LogP contribution in [0.2, 0.25) is 0 Å². The first-order valence-electron chi connectivity index (χ1n) is 5.36. The van der Waals surface area contributed by atoms with Gasteiger partial charge in [0.15, 0.2) is 0 Å². The molecule has 1 aromatic rings. The number of sulfonamides is 1. The average Bonchev–Trinajstić information content (AvgIpc) is 2.88. The number of likely N-dealkylation sites (N-methyl/N-ethyl adjacent to an activating group) is 1. The van der Waals surface area contributed by atoms with E-state index in [2.05, 4.69) is 5.32 Å². The maximum Gasteiger partial charge on any atom is 0.252 e. The highest BCUT2D eigenvalue weighted by Gasteiger charge is 2.35. The van der Waals surface area contributed by atoms with Crippen LogP contribution < -0.4 is 5.32 Å². The molecule has 1 atom stereocenters. The van der Waals surface area contributed by atoms with Gasteiger partial charge >= 0.3 is 0 Å². The summed E-state index contributed by atoms with van der Waals surface area (Å²) in [4.78, 5) is 0. The Hall–Kier alpha value is -0.430. The molecule has 1 aliphatic heterocycles. The molecular formula is C10H16N2O2S2. The van der Waals surface area contributed by atoms with Crippen molar-refractivity contribution in [1.82, 2.24) is 9.62 Å². The van der Waals surface area contributed by atoms with Gasteiger partial charge in [-0.25, -0.2) is 8.42 Å². The molecule has 1 aromatic heterocycles. The summed E-state index contributed by atoms with van der Waals surface area (Å²) >= 11 is 1.29. The van der Waals surface area contributed by atoms with E-state index in [-0.39, 0.29) is 6.04 Å². The van der Waals surface area contributed by atoms with Crippen molar-refractivity contribution in [3.05, 3.63) is 17.5 Å². The van der Waals surface area contributed by atoms with E-state index >= 15 is 0 Å². The number of nitrogens with one attached hydrogen (secondary N) is 1. The van der Waals surface area contributed by atoms with Gasteiger partial charge in [0, 0.05) is 19.1 Å². The van der Waals surface area contributed by atoms with E-state index in [9.17, 15) is 8.42 Å². The molecule has 16 heavy (non-hydrogen) atoms. The lowest BCUT2D eigenvalue weighted by Gasteiger charge is -2.22. The summed E-state index contributed by atoms with van der Waals surface area (Å²) in [5.41, 5.74) is 0. The maximum atomic E-state index is 12.3. The van der Waals surface area contributed by atoms with Gasteiger partial charge < -0.3 is 5.32 Å². The van der Waals surface area contributed by atoms with Crippen molar-refractivity contribution in [2.75, 3.05) is 20.1 Å². The summed E-state index contributed by atoms with van der Waals surface area (Å²) < 4.78 is 26.7. The molecule has 2 heterocycles. The first kappa shape index (κ1) is 12.0. The SMILES string of the molecule is CNCC1CCCN1S(=O)(=O)c1cccs1. The fraction of sp³-hybridized carbons (Fsp3) is 0.600. The molecule has 1 unspecified atom stereocenters. The zero-order valence-electron chi connectivity index (χ0n) is 9.22. The van der Waals surface area contributed by atoms with Crippen LogP contribution in [0.1, 0.15) is 12.8 Å². The largest absolute Gasteiger partial charge is 0.318 e. The van der Waals surface area contributed by atoms with Gasteiger partial charge in [0.2, 0.25) is 0 Å².